The fourth-order valence-corrected chi connectivity index (χ4v) is 6.96. The quantitative estimate of drug-likeness (QED) is 0.304. The molecular weight excluding hydrogens is 557 g/mol. The van der Waals surface area contributed by atoms with Crippen LogP contribution in [0.1, 0.15) is 17.0 Å². The fraction of sp³-hybridized carbons (Fsp3) is 0.259. The minimum absolute atomic E-state index is 0.0804. The Morgan fingerprint density at radius 2 is 1.36 bits per heavy atom. The number of rotatable bonds is 8. The van der Waals surface area contributed by atoms with Gasteiger partial charge in [0, 0.05) is 50.4 Å². The first-order chi connectivity index (χ1) is 18.6. The molecule has 1 saturated heterocycles. The SMILES string of the molecule is Cc1ccc(Oc2ccc(Cc3nsc(N4CCN(S(=O)(=O)c5ccc(S(C)(=O)=O)cc5)CC4)n3)cc2)cc1. The first-order valence-corrected chi connectivity index (χ1v) is 16.4. The number of hydrogen-bond acceptors (Lipinski definition) is 9. The van der Waals surface area contributed by atoms with E-state index in [1.807, 2.05) is 60.4 Å². The van der Waals surface area contributed by atoms with Crippen molar-refractivity contribution in [2.24, 2.45) is 0 Å². The van der Waals surface area contributed by atoms with Crippen LogP contribution in [0.25, 0.3) is 0 Å². The summed E-state index contributed by atoms with van der Waals surface area (Å²) >= 11 is 1.31. The van der Waals surface area contributed by atoms with Gasteiger partial charge in [0.2, 0.25) is 15.2 Å². The second kappa shape index (κ2) is 11.0. The third-order valence-electron chi connectivity index (χ3n) is 6.40. The normalized spacial score (nSPS) is 14.9. The van der Waals surface area contributed by atoms with Gasteiger partial charge < -0.3 is 9.64 Å². The summed E-state index contributed by atoms with van der Waals surface area (Å²) in [5, 5.41) is 0.763. The van der Waals surface area contributed by atoms with Crippen molar-refractivity contribution < 1.29 is 21.6 Å². The number of benzene rings is 3. The number of aryl methyl sites for hydroxylation is 1. The first kappa shape index (κ1) is 27.3. The molecule has 39 heavy (non-hydrogen) atoms. The molecule has 0 radical (unpaired) electrons. The predicted molar refractivity (Wildman–Crippen MR) is 151 cm³/mol. The number of aromatic nitrogens is 2. The molecule has 3 aromatic carbocycles. The van der Waals surface area contributed by atoms with Gasteiger partial charge in [-0.3, -0.25) is 0 Å². The summed E-state index contributed by atoms with van der Waals surface area (Å²) in [4.78, 5) is 6.89. The van der Waals surface area contributed by atoms with E-state index in [1.165, 1.54) is 45.7 Å². The van der Waals surface area contributed by atoms with Crippen molar-refractivity contribution in [2.45, 2.75) is 23.1 Å². The zero-order valence-electron chi connectivity index (χ0n) is 21.5. The lowest BCUT2D eigenvalue weighted by Gasteiger charge is -2.33. The van der Waals surface area contributed by atoms with Crippen LogP contribution >= 0.6 is 11.5 Å². The Morgan fingerprint density at radius 3 is 1.95 bits per heavy atom. The van der Waals surface area contributed by atoms with Crippen LogP contribution in [-0.2, 0) is 26.3 Å². The zero-order chi connectivity index (χ0) is 27.6. The number of piperazine rings is 1. The average molecular weight is 585 g/mol. The molecule has 1 aromatic heterocycles. The maximum atomic E-state index is 13.1. The molecule has 1 fully saturated rings. The summed E-state index contributed by atoms with van der Waals surface area (Å²) < 4.78 is 61.3. The molecule has 0 N–H and O–H groups in total. The molecule has 204 valence electrons. The lowest BCUT2D eigenvalue weighted by Crippen LogP contribution is -2.48. The highest BCUT2D eigenvalue weighted by molar-refractivity contribution is 7.90. The molecule has 5 rings (SSSR count). The molecule has 2 heterocycles. The summed E-state index contributed by atoms with van der Waals surface area (Å²) in [5.74, 6) is 2.26. The van der Waals surface area contributed by atoms with E-state index in [-0.39, 0.29) is 9.79 Å². The largest absolute Gasteiger partial charge is 0.457 e. The fourth-order valence-electron chi connectivity index (χ4n) is 4.17. The number of sulfone groups is 1. The number of ether oxygens (including phenoxy) is 1. The molecule has 0 bridgehead atoms. The van der Waals surface area contributed by atoms with E-state index in [0.29, 0.717) is 38.4 Å². The molecule has 0 unspecified atom stereocenters. The summed E-state index contributed by atoms with van der Waals surface area (Å²) in [6, 6.07) is 21.1. The van der Waals surface area contributed by atoms with E-state index in [2.05, 4.69) is 9.36 Å². The zero-order valence-corrected chi connectivity index (χ0v) is 24.0. The first-order valence-electron chi connectivity index (χ1n) is 12.3. The van der Waals surface area contributed by atoms with Gasteiger partial charge in [-0.15, -0.1) is 0 Å². The second-order valence-corrected chi connectivity index (χ2v) is 14.0. The highest BCUT2D eigenvalue weighted by atomic mass is 32.2. The Balaban J connectivity index is 1.16. The van der Waals surface area contributed by atoms with Crippen LogP contribution in [0.5, 0.6) is 11.5 Å². The lowest BCUT2D eigenvalue weighted by molar-refractivity contribution is 0.384. The van der Waals surface area contributed by atoms with Crippen molar-refractivity contribution >= 4 is 36.5 Å². The Morgan fingerprint density at radius 1 is 0.795 bits per heavy atom. The van der Waals surface area contributed by atoms with Crippen LogP contribution in [0.3, 0.4) is 0 Å². The minimum Gasteiger partial charge on any atom is -0.457 e. The molecule has 0 saturated carbocycles. The van der Waals surface area contributed by atoms with Gasteiger partial charge >= 0.3 is 0 Å². The monoisotopic (exact) mass is 584 g/mol. The number of nitrogens with zero attached hydrogens (tertiary/aromatic N) is 4. The summed E-state index contributed by atoms with van der Waals surface area (Å²) in [7, 11) is -7.12. The lowest BCUT2D eigenvalue weighted by atomic mass is 10.1. The van der Waals surface area contributed by atoms with E-state index in [0.717, 1.165) is 28.4 Å². The van der Waals surface area contributed by atoms with E-state index < -0.39 is 19.9 Å². The summed E-state index contributed by atoms with van der Waals surface area (Å²) in [6.45, 7) is 3.61. The van der Waals surface area contributed by atoms with Crippen molar-refractivity contribution in [3.63, 3.8) is 0 Å². The molecule has 12 heteroatoms. The summed E-state index contributed by atoms with van der Waals surface area (Å²) in [5.41, 5.74) is 2.24. The van der Waals surface area contributed by atoms with E-state index in [9.17, 15) is 16.8 Å². The van der Waals surface area contributed by atoms with Gasteiger partial charge in [0.05, 0.1) is 9.79 Å². The molecule has 9 nitrogen and oxygen atoms in total. The van der Waals surface area contributed by atoms with Crippen molar-refractivity contribution in [3.05, 3.63) is 89.7 Å². The predicted octanol–water partition coefficient (Wildman–Crippen LogP) is 4.14. The molecule has 0 aliphatic carbocycles. The van der Waals surface area contributed by atoms with Gasteiger partial charge in [-0.05, 0) is 61.0 Å². The van der Waals surface area contributed by atoms with Crippen molar-refractivity contribution in [1.82, 2.24) is 13.7 Å². The number of anilines is 1. The molecule has 1 aliphatic heterocycles. The molecular formula is C27H28N4O5S3. The van der Waals surface area contributed by atoms with Crippen LogP contribution in [0.15, 0.2) is 82.6 Å². The maximum absolute atomic E-state index is 13.1. The van der Waals surface area contributed by atoms with Crippen LogP contribution in [0.4, 0.5) is 5.13 Å². The molecule has 0 spiro atoms. The molecule has 0 amide bonds. The van der Waals surface area contributed by atoms with E-state index in [1.54, 1.807) is 0 Å². The van der Waals surface area contributed by atoms with Gasteiger partial charge in [0.15, 0.2) is 9.84 Å². The minimum atomic E-state index is -3.72. The van der Waals surface area contributed by atoms with Crippen molar-refractivity contribution in [2.75, 3.05) is 37.3 Å². The Kier molecular flexibility index (Phi) is 7.72. The van der Waals surface area contributed by atoms with E-state index in [4.69, 9.17) is 4.74 Å². The highest BCUT2D eigenvalue weighted by Gasteiger charge is 2.30. The van der Waals surface area contributed by atoms with Crippen molar-refractivity contribution in [3.8, 4) is 11.5 Å². The third kappa shape index (κ3) is 6.47. The van der Waals surface area contributed by atoms with E-state index >= 15 is 0 Å². The van der Waals surface area contributed by atoms with Gasteiger partial charge in [-0.2, -0.15) is 8.68 Å². The van der Waals surface area contributed by atoms with Gasteiger partial charge in [0.25, 0.3) is 0 Å². The second-order valence-electron chi connectivity index (χ2n) is 9.36. The molecule has 1 aliphatic rings. The third-order valence-corrected chi connectivity index (χ3v) is 10.3. The van der Waals surface area contributed by atoms with Crippen LogP contribution < -0.4 is 9.64 Å². The topological polar surface area (TPSA) is 110 Å². The average Bonchev–Trinajstić information content (AvgIpc) is 3.39. The van der Waals surface area contributed by atoms with Crippen molar-refractivity contribution in [1.29, 1.82) is 0 Å². The van der Waals surface area contributed by atoms with Crippen LogP contribution in [0, 0.1) is 6.92 Å². The van der Waals surface area contributed by atoms with Crippen LogP contribution in [-0.4, -0.2) is 62.9 Å². The van der Waals surface area contributed by atoms with Gasteiger partial charge in [0.1, 0.15) is 17.3 Å². The number of hydrogen-bond donors (Lipinski definition) is 0. The number of sulfonamides is 1. The van der Waals surface area contributed by atoms with Gasteiger partial charge in [-0.1, -0.05) is 29.8 Å². The molecule has 0 atom stereocenters. The van der Waals surface area contributed by atoms with Crippen LogP contribution in [0.2, 0.25) is 0 Å². The Labute approximate surface area is 232 Å². The smallest absolute Gasteiger partial charge is 0.243 e. The maximum Gasteiger partial charge on any atom is 0.243 e. The highest BCUT2D eigenvalue weighted by Crippen LogP contribution is 2.26. The Hall–Kier alpha value is -3.32. The summed E-state index contributed by atoms with van der Waals surface area (Å²) in [6.07, 6.45) is 1.67. The molecule has 4 aromatic rings. The Bertz CT molecular complexity index is 1640. The standard InChI is InChI=1S/C27H28N4O5S3/c1-20-3-7-22(8-4-20)36-23-9-5-21(6-10-23)19-26-28-27(37-29-26)30-15-17-31(18-16-30)39(34,35)25-13-11-24(12-14-25)38(2,32)33/h3-14H,15-19H2,1-2H3. The van der Waals surface area contributed by atoms with Gasteiger partial charge in [-0.25, -0.2) is 21.8 Å².